The molecule has 0 spiro atoms. The van der Waals surface area contributed by atoms with E-state index in [0.29, 0.717) is 51.9 Å². The Hall–Kier alpha value is -4.09. The van der Waals surface area contributed by atoms with E-state index in [4.69, 9.17) is 14.6 Å². The van der Waals surface area contributed by atoms with E-state index >= 15 is 0 Å². The summed E-state index contributed by atoms with van der Waals surface area (Å²) in [6.07, 6.45) is 12.9. The number of benzene rings is 2. The molecule has 0 amide bonds. The minimum atomic E-state index is -3.61. The third-order valence-electron chi connectivity index (χ3n) is 11.4. The highest BCUT2D eigenvalue weighted by molar-refractivity contribution is 8.13. The Morgan fingerprint density at radius 1 is 0.652 bits per heavy atom. The number of ether oxygens (including phenoxy) is 2. The molecule has 2 aliphatic rings. The summed E-state index contributed by atoms with van der Waals surface area (Å²) in [6.45, 7) is 7.09. The molecule has 69 heavy (non-hydrogen) atoms. The van der Waals surface area contributed by atoms with Gasteiger partial charge in [-0.2, -0.15) is 8.42 Å². The molecule has 0 saturated heterocycles. The first-order chi connectivity index (χ1) is 32.1. The minimum absolute atomic E-state index is 0.133. The lowest BCUT2D eigenvalue weighted by molar-refractivity contribution is -0.144. The maximum Gasteiger partial charge on any atom is 0.326 e. The predicted octanol–water partition coefficient (Wildman–Crippen LogP) is 4.70. The van der Waals surface area contributed by atoms with Crippen LogP contribution in [0.2, 0.25) is 0 Å². The molecule has 0 aliphatic carbocycles. The molecule has 2 unspecified atom stereocenters. The van der Waals surface area contributed by atoms with E-state index in [0.717, 1.165) is 73.2 Å². The standard InChI is InChI=1S/C24H33NO7S2.C23H31NO5S.CH3ClO2S/c1-24(23(26)31-2,33(3,27)28)15-18-25-16-13-22(14-17-25)21-11-9-20(10-12-21)8-6-5-7-19-32-34(4,29)30;1-23(22(26)29-2,30(3,27)28)14-17-24-15-12-21(13-16-24)20-10-8-19(9-11-20)7-5-4-6-18-25;1-5(2,3)4/h9-13H,5,7,14-19H2,1-4H3;8-12,25H,4,6,13-18H2,1-3H3;1H3. The average Bonchev–Trinajstić information content (AvgIpc) is 3.28. The number of methoxy groups -OCH3 is 2. The number of aliphatic hydroxyl groups excluding tert-OH is 1. The van der Waals surface area contributed by atoms with E-state index in [-0.39, 0.29) is 26.1 Å². The third-order valence-corrected chi connectivity index (χ3v) is 16.1. The zero-order valence-corrected chi connectivity index (χ0v) is 44.8. The van der Waals surface area contributed by atoms with Crippen molar-refractivity contribution < 1.29 is 62.0 Å². The van der Waals surface area contributed by atoms with Gasteiger partial charge in [-0.3, -0.25) is 23.6 Å². The van der Waals surface area contributed by atoms with Gasteiger partial charge in [0.1, 0.15) is 0 Å². The van der Waals surface area contributed by atoms with Gasteiger partial charge in [0, 0.05) is 93.0 Å². The number of halogens is 1. The van der Waals surface area contributed by atoms with Crippen LogP contribution in [-0.4, -0.2) is 162 Å². The molecule has 0 fully saturated rings. The van der Waals surface area contributed by atoms with Crippen LogP contribution >= 0.6 is 10.7 Å². The van der Waals surface area contributed by atoms with Crippen LogP contribution < -0.4 is 0 Å². The van der Waals surface area contributed by atoms with Crippen LogP contribution in [0, 0.1) is 23.7 Å². The van der Waals surface area contributed by atoms with E-state index < -0.39 is 60.3 Å². The van der Waals surface area contributed by atoms with Gasteiger partial charge < -0.3 is 14.6 Å². The lowest BCUT2D eigenvalue weighted by Crippen LogP contribution is -2.46. The molecular weight excluding hydrogens is 992 g/mol. The molecule has 0 bridgehead atoms. The first-order valence-corrected chi connectivity index (χ1v) is 30.3. The summed E-state index contributed by atoms with van der Waals surface area (Å²) < 4.78 is 100. The summed E-state index contributed by atoms with van der Waals surface area (Å²) in [5.41, 5.74) is 6.58. The molecule has 0 saturated carbocycles. The Morgan fingerprint density at radius 3 is 1.30 bits per heavy atom. The molecule has 2 atom stereocenters. The van der Waals surface area contributed by atoms with Gasteiger partial charge in [0.15, 0.2) is 29.2 Å². The molecule has 0 radical (unpaired) electrons. The number of sulfone groups is 2. The molecule has 2 aromatic carbocycles. The highest BCUT2D eigenvalue weighted by atomic mass is 35.7. The second-order valence-corrected chi connectivity index (χ2v) is 26.5. The number of unbranched alkanes of at least 4 members (excludes halogenated alkanes) is 2. The van der Waals surface area contributed by atoms with Gasteiger partial charge in [-0.05, 0) is 98.9 Å². The van der Waals surface area contributed by atoms with Crippen molar-refractivity contribution in [3.8, 4) is 23.7 Å². The Morgan fingerprint density at radius 2 is 1.01 bits per heavy atom. The molecule has 384 valence electrons. The normalized spacial score (nSPS) is 16.3. The second-order valence-electron chi connectivity index (χ2n) is 16.9. The molecule has 2 aromatic rings. The van der Waals surface area contributed by atoms with Crippen molar-refractivity contribution >= 4 is 72.6 Å². The van der Waals surface area contributed by atoms with Crippen molar-refractivity contribution in [3.63, 3.8) is 0 Å². The molecule has 2 heterocycles. The summed E-state index contributed by atoms with van der Waals surface area (Å²) in [5, 5.41) is 8.78. The zero-order chi connectivity index (χ0) is 52.1. The first kappa shape index (κ1) is 61.0. The fourth-order valence-corrected chi connectivity index (χ4v) is 8.92. The first-order valence-electron chi connectivity index (χ1n) is 22.0. The van der Waals surface area contributed by atoms with Gasteiger partial charge >= 0.3 is 11.9 Å². The van der Waals surface area contributed by atoms with E-state index in [1.165, 1.54) is 39.2 Å². The topological polar surface area (TPSA) is 225 Å². The van der Waals surface area contributed by atoms with Crippen molar-refractivity contribution in [1.82, 2.24) is 9.80 Å². The van der Waals surface area contributed by atoms with Crippen LogP contribution in [0.15, 0.2) is 60.7 Å². The summed E-state index contributed by atoms with van der Waals surface area (Å²) in [5.74, 6) is 10.8. The molecule has 2 aliphatic heterocycles. The quantitative estimate of drug-likeness (QED) is 0.0702. The summed E-state index contributed by atoms with van der Waals surface area (Å²) in [6, 6.07) is 16.1. The van der Waals surface area contributed by atoms with Gasteiger partial charge in [0.05, 0.1) is 33.3 Å². The number of carbonyl (C=O) groups is 2. The second kappa shape index (κ2) is 28.1. The number of rotatable bonds is 18. The van der Waals surface area contributed by atoms with E-state index in [1.54, 1.807) is 0 Å². The number of carbonyl (C=O) groups excluding carboxylic acids is 2. The number of nitrogens with zero attached hydrogens (tertiary/aromatic N) is 2. The Kier molecular flexibility index (Phi) is 24.8. The van der Waals surface area contributed by atoms with Crippen molar-refractivity contribution in [1.29, 1.82) is 0 Å². The summed E-state index contributed by atoms with van der Waals surface area (Å²) in [7, 11) is -6.87. The Labute approximate surface area is 415 Å². The molecule has 16 nitrogen and oxygen atoms in total. The number of hydrogen-bond acceptors (Lipinski definition) is 16. The number of esters is 2. The maximum atomic E-state index is 12.2. The smallest absolute Gasteiger partial charge is 0.326 e. The maximum absolute atomic E-state index is 12.2. The number of aliphatic hydroxyl groups is 1. The van der Waals surface area contributed by atoms with Gasteiger partial charge in [-0.15, -0.1) is 0 Å². The molecular formula is C48H67ClN2O14S4. The summed E-state index contributed by atoms with van der Waals surface area (Å²) in [4.78, 5) is 28.4. The Bertz CT molecular complexity index is 2680. The van der Waals surface area contributed by atoms with Gasteiger partial charge in [0.25, 0.3) is 10.1 Å². The average molecular weight is 1060 g/mol. The zero-order valence-electron chi connectivity index (χ0n) is 40.7. The van der Waals surface area contributed by atoms with Crippen LogP contribution in [0.4, 0.5) is 0 Å². The molecule has 21 heteroatoms. The van der Waals surface area contributed by atoms with Crippen molar-refractivity contribution in [2.24, 2.45) is 0 Å². The van der Waals surface area contributed by atoms with Crippen molar-refractivity contribution in [2.45, 2.75) is 74.7 Å². The predicted molar refractivity (Wildman–Crippen MR) is 272 cm³/mol. The van der Waals surface area contributed by atoms with Gasteiger partial charge in [-0.1, -0.05) is 60.1 Å². The molecule has 1 N–H and O–H groups in total. The lowest BCUT2D eigenvalue weighted by Gasteiger charge is -2.31. The van der Waals surface area contributed by atoms with E-state index in [1.807, 2.05) is 36.4 Å². The van der Waals surface area contributed by atoms with Crippen LogP contribution in [0.1, 0.15) is 87.5 Å². The van der Waals surface area contributed by atoms with Crippen LogP contribution in [0.3, 0.4) is 0 Å². The van der Waals surface area contributed by atoms with Crippen molar-refractivity contribution in [2.75, 3.05) is 91.7 Å². The van der Waals surface area contributed by atoms with E-state index in [9.17, 15) is 43.3 Å². The fraction of sp³-hybridized carbons (Fsp3) is 0.542. The van der Waals surface area contributed by atoms with Crippen molar-refractivity contribution in [3.05, 3.63) is 82.9 Å². The molecule has 0 aromatic heterocycles. The summed E-state index contributed by atoms with van der Waals surface area (Å²) >= 11 is 0. The minimum Gasteiger partial charge on any atom is -0.468 e. The fourth-order valence-electron chi connectivity index (χ4n) is 6.81. The van der Waals surface area contributed by atoms with Crippen LogP contribution in [0.5, 0.6) is 0 Å². The third kappa shape index (κ3) is 21.8. The SMILES string of the molecule is COC(=O)C(C)(CCN1CC=C(c2ccc(C#CCCCO)cc2)CC1)S(C)(=O)=O.COC(=O)C(C)(CCN1CC=C(c2ccc(C#CCCCOS(C)(=O)=O)cc2)CC1)S(C)(=O)=O.CS(=O)(=O)Cl. The van der Waals surface area contributed by atoms with Crippen LogP contribution in [-0.2, 0) is 62.1 Å². The largest absolute Gasteiger partial charge is 0.468 e. The monoisotopic (exact) mass is 1060 g/mol. The van der Waals surface area contributed by atoms with Gasteiger partial charge in [0.2, 0.25) is 9.05 Å². The highest BCUT2D eigenvalue weighted by Crippen LogP contribution is 2.28. The highest BCUT2D eigenvalue weighted by Gasteiger charge is 2.45. The molecule has 4 rings (SSSR count). The Balaban J connectivity index is 0.000000433. The lowest BCUT2D eigenvalue weighted by atomic mass is 9.98. The number of hydrogen-bond donors (Lipinski definition) is 1. The van der Waals surface area contributed by atoms with Gasteiger partial charge in [-0.25, -0.2) is 25.3 Å². The van der Waals surface area contributed by atoms with E-state index in [2.05, 4.69) is 72.6 Å². The van der Waals surface area contributed by atoms with Crippen LogP contribution in [0.25, 0.3) is 11.1 Å².